The fraction of sp³-hybridized carbons (Fsp3) is 0.0769. The van der Waals surface area contributed by atoms with Crippen LogP contribution in [-0.4, -0.2) is 22.2 Å². The fourth-order valence-electron chi connectivity index (χ4n) is 4.18. The first-order valence-corrected chi connectivity index (χ1v) is 10.8. The third-order valence-electron chi connectivity index (χ3n) is 5.69. The van der Waals surface area contributed by atoms with Crippen molar-refractivity contribution in [2.75, 3.05) is 11.9 Å². The highest BCUT2D eigenvalue weighted by Crippen LogP contribution is 2.47. The van der Waals surface area contributed by atoms with Crippen LogP contribution in [0.5, 0.6) is 0 Å². The van der Waals surface area contributed by atoms with Crippen LogP contribution in [0.3, 0.4) is 0 Å². The lowest BCUT2D eigenvalue weighted by Gasteiger charge is -2.14. The Morgan fingerprint density at radius 2 is 1.55 bits per heavy atom. The van der Waals surface area contributed by atoms with Gasteiger partial charge in [0.1, 0.15) is 0 Å². The minimum Gasteiger partial charge on any atom is -0.364 e. The number of pyridine rings is 1. The molecule has 1 aliphatic rings. The second kappa shape index (κ2) is 8.48. The summed E-state index contributed by atoms with van der Waals surface area (Å²) in [5, 5.41) is 15.9. The van der Waals surface area contributed by atoms with Crippen LogP contribution in [0, 0.1) is 10.1 Å². The predicted molar refractivity (Wildman–Crippen MR) is 129 cm³/mol. The summed E-state index contributed by atoms with van der Waals surface area (Å²) in [6.45, 7) is 0.451. The summed E-state index contributed by atoms with van der Waals surface area (Å²) in [6.07, 6.45) is 0.669. The van der Waals surface area contributed by atoms with E-state index in [1.807, 2.05) is 42.5 Å². The number of aromatic nitrogens is 1. The van der Waals surface area contributed by atoms with Gasteiger partial charge in [-0.3, -0.25) is 14.9 Å². The Kier molecular flexibility index (Phi) is 5.36. The van der Waals surface area contributed by atoms with E-state index >= 15 is 0 Å². The number of nitro groups is 1. The maximum absolute atomic E-state index is 13.3. The molecule has 3 aromatic carbocycles. The van der Waals surface area contributed by atoms with Gasteiger partial charge in [0.15, 0.2) is 5.78 Å². The van der Waals surface area contributed by atoms with Gasteiger partial charge in [0.25, 0.3) is 0 Å². The van der Waals surface area contributed by atoms with Crippen molar-refractivity contribution in [3.05, 3.63) is 111 Å². The number of anilines is 1. The number of hydrogen-bond donors (Lipinski definition) is 1. The van der Waals surface area contributed by atoms with Crippen molar-refractivity contribution >= 4 is 28.9 Å². The molecule has 0 atom stereocenters. The van der Waals surface area contributed by atoms with Gasteiger partial charge in [0, 0.05) is 22.7 Å². The average molecular weight is 456 g/mol. The molecule has 33 heavy (non-hydrogen) atoms. The first-order valence-electron chi connectivity index (χ1n) is 10.4. The lowest BCUT2D eigenvalue weighted by Crippen LogP contribution is -2.12. The van der Waals surface area contributed by atoms with Gasteiger partial charge in [-0.1, -0.05) is 78.3 Å². The van der Waals surface area contributed by atoms with Gasteiger partial charge in [-0.05, 0) is 29.7 Å². The molecule has 4 aromatic rings. The Morgan fingerprint density at radius 3 is 2.24 bits per heavy atom. The smallest absolute Gasteiger partial charge is 0.319 e. The highest BCUT2D eigenvalue weighted by Gasteiger charge is 2.37. The van der Waals surface area contributed by atoms with Crippen molar-refractivity contribution in [3.8, 4) is 22.4 Å². The molecule has 1 aromatic heterocycles. The van der Waals surface area contributed by atoms with E-state index in [-0.39, 0.29) is 28.4 Å². The van der Waals surface area contributed by atoms with Crippen LogP contribution in [0.2, 0.25) is 5.02 Å². The third-order valence-corrected chi connectivity index (χ3v) is 5.94. The summed E-state index contributed by atoms with van der Waals surface area (Å²) in [5.74, 6) is -0.124. The Bertz CT molecular complexity index is 1390. The Balaban J connectivity index is 1.68. The van der Waals surface area contributed by atoms with Crippen molar-refractivity contribution in [2.24, 2.45) is 0 Å². The summed E-state index contributed by atoms with van der Waals surface area (Å²) in [5.41, 5.74) is 3.55. The molecule has 0 fully saturated rings. The molecule has 0 unspecified atom stereocenters. The maximum atomic E-state index is 13.3. The van der Waals surface area contributed by atoms with Crippen molar-refractivity contribution in [3.63, 3.8) is 0 Å². The van der Waals surface area contributed by atoms with Gasteiger partial charge in [-0.15, -0.1) is 0 Å². The molecule has 1 heterocycles. The van der Waals surface area contributed by atoms with Crippen LogP contribution in [0.15, 0.2) is 78.9 Å². The SMILES string of the molecule is O=C1c2ccccc2-c2nc(NCCc3ccccc3)c([N+](=O)[O-])c(-c3ccc(Cl)cc3)c21. The van der Waals surface area contributed by atoms with Gasteiger partial charge in [-0.25, -0.2) is 4.98 Å². The molecule has 1 aliphatic carbocycles. The number of rotatable bonds is 6. The Hall–Kier alpha value is -4.03. The van der Waals surface area contributed by atoms with E-state index in [4.69, 9.17) is 11.6 Å². The molecule has 0 aliphatic heterocycles. The summed E-state index contributed by atoms with van der Waals surface area (Å²) in [7, 11) is 0. The van der Waals surface area contributed by atoms with Gasteiger partial charge in [0.05, 0.1) is 21.7 Å². The molecule has 5 rings (SSSR count). The zero-order valence-corrected chi connectivity index (χ0v) is 18.2. The van der Waals surface area contributed by atoms with Gasteiger partial charge in [-0.2, -0.15) is 0 Å². The molecule has 7 heteroatoms. The minimum absolute atomic E-state index is 0.143. The zero-order chi connectivity index (χ0) is 22.9. The van der Waals surface area contributed by atoms with Gasteiger partial charge < -0.3 is 5.32 Å². The largest absolute Gasteiger partial charge is 0.364 e. The Labute approximate surface area is 195 Å². The molecule has 6 nitrogen and oxygen atoms in total. The van der Waals surface area contributed by atoms with Gasteiger partial charge in [0.2, 0.25) is 5.82 Å². The molecule has 1 N–H and O–H groups in total. The van der Waals surface area contributed by atoms with E-state index in [1.165, 1.54) is 0 Å². The number of carbonyl (C=O) groups excluding carboxylic acids is 1. The number of benzene rings is 3. The lowest BCUT2D eigenvalue weighted by atomic mass is 9.96. The normalized spacial score (nSPS) is 11.7. The fourth-order valence-corrected chi connectivity index (χ4v) is 4.31. The van der Waals surface area contributed by atoms with Gasteiger partial charge >= 0.3 is 5.69 Å². The quantitative estimate of drug-likeness (QED) is 0.244. The minimum atomic E-state index is -0.474. The molecule has 0 spiro atoms. The zero-order valence-electron chi connectivity index (χ0n) is 17.4. The number of halogens is 1. The number of carbonyl (C=O) groups is 1. The van der Waals surface area contributed by atoms with E-state index in [0.29, 0.717) is 40.4 Å². The first-order chi connectivity index (χ1) is 16.0. The number of ketones is 1. The van der Waals surface area contributed by atoms with Crippen LogP contribution < -0.4 is 5.32 Å². The van der Waals surface area contributed by atoms with E-state index in [2.05, 4.69) is 10.3 Å². The van der Waals surface area contributed by atoms with Crippen LogP contribution in [-0.2, 0) is 6.42 Å². The second-order valence-corrected chi connectivity index (χ2v) is 8.15. The number of hydrogen-bond acceptors (Lipinski definition) is 5. The molecule has 0 radical (unpaired) electrons. The Morgan fingerprint density at radius 1 is 0.879 bits per heavy atom. The van der Waals surface area contributed by atoms with Crippen molar-refractivity contribution in [2.45, 2.75) is 6.42 Å². The van der Waals surface area contributed by atoms with Crippen molar-refractivity contribution < 1.29 is 9.72 Å². The first kappa shape index (κ1) is 20.8. The predicted octanol–water partition coefficient (Wildman–Crippen LogP) is 6.18. The summed E-state index contributed by atoms with van der Waals surface area (Å²) >= 11 is 6.05. The second-order valence-electron chi connectivity index (χ2n) is 7.71. The molecule has 0 bridgehead atoms. The van der Waals surface area contributed by atoms with Crippen molar-refractivity contribution in [1.29, 1.82) is 0 Å². The molecular formula is C26H18ClN3O3. The van der Waals surface area contributed by atoms with Crippen LogP contribution >= 0.6 is 11.6 Å². The van der Waals surface area contributed by atoms with Crippen LogP contribution in [0.1, 0.15) is 21.5 Å². The van der Waals surface area contributed by atoms with E-state index in [1.54, 1.807) is 36.4 Å². The van der Waals surface area contributed by atoms with E-state index in [9.17, 15) is 14.9 Å². The average Bonchev–Trinajstić information content (AvgIpc) is 3.11. The lowest BCUT2D eigenvalue weighted by molar-refractivity contribution is -0.383. The molecule has 162 valence electrons. The molecule has 0 amide bonds. The molecular weight excluding hydrogens is 438 g/mol. The summed E-state index contributed by atoms with van der Waals surface area (Å²) in [6, 6.07) is 23.7. The third kappa shape index (κ3) is 3.75. The summed E-state index contributed by atoms with van der Waals surface area (Å²) in [4.78, 5) is 29.7. The summed E-state index contributed by atoms with van der Waals surface area (Å²) < 4.78 is 0. The van der Waals surface area contributed by atoms with E-state index in [0.717, 1.165) is 5.56 Å². The maximum Gasteiger partial charge on any atom is 0.319 e. The van der Waals surface area contributed by atoms with Crippen molar-refractivity contribution in [1.82, 2.24) is 4.98 Å². The molecule has 0 saturated heterocycles. The number of nitrogens with zero attached hydrogens (tertiary/aromatic N) is 2. The number of fused-ring (bicyclic) bond motifs is 3. The highest BCUT2D eigenvalue weighted by atomic mass is 35.5. The van der Waals surface area contributed by atoms with E-state index < -0.39 is 4.92 Å². The van der Waals surface area contributed by atoms with Crippen LogP contribution in [0.4, 0.5) is 11.5 Å². The number of nitrogens with one attached hydrogen (secondary N) is 1. The van der Waals surface area contributed by atoms with Crippen LogP contribution in [0.25, 0.3) is 22.4 Å². The highest BCUT2D eigenvalue weighted by molar-refractivity contribution is 6.30. The molecule has 0 saturated carbocycles. The topological polar surface area (TPSA) is 85.1 Å². The standard InChI is InChI=1S/C26H18ClN3O3/c27-18-12-10-17(11-13-18)21-22-23(19-8-4-5-9-20(19)25(22)31)29-26(24(21)30(32)33)28-15-14-16-6-2-1-3-7-16/h1-13H,14-15H2,(H,28,29). The monoisotopic (exact) mass is 455 g/mol.